The van der Waals surface area contributed by atoms with Gasteiger partial charge in [0.1, 0.15) is 5.75 Å². The third kappa shape index (κ3) is 2.41. The van der Waals surface area contributed by atoms with E-state index in [1.54, 1.807) is 13.2 Å². The summed E-state index contributed by atoms with van der Waals surface area (Å²) in [5, 5.41) is 3.77. The summed E-state index contributed by atoms with van der Waals surface area (Å²) in [5.41, 5.74) is 2.16. The monoisotopic (exact) mass is 354 g/mol. The minimum absolute atomic E-state index is 0.137. The van der Waals surface area contributed by atoms with E-state index in [1.807, 2.05) is 12.1 Å². The van der Waals surface area contributed by atoms with Gasteiger partial charge in [-0.25, -0.2) is 4.79 Å². The molecular weight excluding hydrogens is 328 g/mol. The molecule has 2 bridgehead atoms. The smallest absolute Gasteiger partial charge is 0.331 e. The Morgan fingerprint density at radius 3 is 2.96 bits per heavy atom. The van der Waals surface area contributed by atoms with Gasteiger partial charge in [0, 0.05) is 31.1 Å². The van der Waals surface area contributed by atoms with Gasteiger partial charge in [-0.05, 0) is 49.1 Å². The molecule has 138 valence electrons. The molecule has 0 unspecified atom stereocenters. The maximum absolute atomic E-state index is 12.1. The summed E-state index contributed by atoms with van der Waals surface area (Å²) in [6.07, 6.45) is 7.28. The average Bonchev–Trinajstić information content (AvgIpc) is 3.15. The van der Waals surface area contributed by atoms with Crippen molar-refractivity contribution in [1.82, 2.24) is 10.2 Å². The number of nitrogens with zero attached hydrogens (tertiary/aromatic N) is 1. The van der Waals surface area contributed by atoms with Crippen LogP contribution in [0.4, 0.5) is 0 Å². The van der Waals surface area contributed by atoms with Gasteiger partial charge in [0.25, 0.3) is 0 Å². The minimum Gasteiger partial charge on any atom is -0.497 e. The normalized spacial score (nSPS) is 35.5. The van der Waals surface area contributed by atoms with E-state index in [1.165, 1.54) is 24.0 Å². The van der Waals surface area contributed by atoms with E-state index in [0.29, 0.717) is 18.1 Å². The van der Waals surface area contributed by atoms with Gasteiger partial charge >= 0.3 is 5.97 Å². The molecule has 5 rings (SSSR count). The first-order valence-electron chi connectivity index (χ1n) is 9.76. The van der Waals surface area contributed by atoms with Gasteiger partial charge in [-0.1, -0.05) is 18.6 Å². The number of ether oxygens (including phenoxy) is 2. The lowest BCUT2D eigenvalue weighted by Crippen LogP contribution is -2.49. The third-order valence-corrected chi connectivity index (χ3v) is 6.77. The second-order valence-electron chi connectivity index (χ2n) is 8.04. The van der Waals surface area contributed by atoms with E-state index in [2.05, 4.69) is 22.3 Å². The van der Waals surface area contributed by atoms with E-state index < -0.39 is 0 Å². The first-order valence-corrected chi connectivity index (χ1v) is 9.76. The lowest BCUT2D eigenvalue weighted by atomic mass is 9.75. The SMILES string of the molecule is COc1ccc(CN[C@@H]2CC3=CC(=O)O[C@@]34C[C@@H]2N2CCCC[C@@H]24)cc1. The zero-order chi connectivity index (χ0) is 17.7. The number of nitrogens with one attached hydrogen (secondary N) is 1. The Labute approximate surface area is 154 Å². The molecule has 1 spiro atoms. The molecule has 3 fully saturated rings. The van der Waals surface area contributed by atoms with Crippen LogP contribution in [-0.2, 0) is 16.1 Å². The van der Waals surface area contributed by atoms with Gasteiger partial charge in [0.05, 0.1) is 13.2 Å². The Balaban J connectivity index is 1.36. The Hall–Kier alpha value is -1.85. The van der Waals surface area contributed by atoms with Crippen LogP contribution in [-0.4, -0.2) is 48.3 Å². The molecule has 1 saturated carbocycles. The molecule has 1 aliphatic carbocycles. The molecule has 5 nitrogen and oxygen atoms in total. The predicted octanol–water partition coefficient (Wildman–Crippen LogP) is 2.41. The van der Waals surface area contributed by atoms with Crippen LogP contribution in [0.25, 0.3) is 0 Å². The van der Waals surface area contributed by atoms with Gasteiger partial charge in [-0.15, -0.1) is 0 Å². The molecule has 1 N–H and O–H groups in total. The number of hydrogen-bond acceptors (Lipinski definition) is 5. The number of benzene rings is 1. The summed E-state index contributed by atoms with van der Waals surface area (Å²) in [6, 6.07) is 9.44. The number of carbonyl (C=O) groups is 1. The van der Waals surface area contributed by atoms with Crippen molar-refractivity contribution in [2.45, 2.75) is 62.4 Å². The molecule has 4 aliphatic rings. The fourth-order valence-corrected chi connectivity index (χ4v) is 5.59. The molecule has 1 aromatic carbocycles. The van der Waals surface area contributed by atoms with Crippen LogP contribution >= 0.6 is 0 Å². The average molecular weight is 354 g/mol. The van der Waals surface area contributed by atoms with Crippen molar-refractivity contribution in [2.75, 3.05) is 13.7 Å². The van der Waals surface area contributed by atoms with Crippen molar-refractivity contribution in [3.05, 3.63) is 41.5 Å². The molecule has 0 aromatic heterocycles. The fourth-order valence-electron chi connectivity index (χ4n) is 5.59. The molecule has 3 heterocycles. The van der Waals surface area contributed by atoms with Crippen LogP contribution in [0.15, 0.2) is 35.9 Å². The van der Waals surface area contributed by atoms with E-state index in [-0.39, 0.29) is 11.6 Å². The number of esters is 1. The summed E-state index contributed by atoms with van der Waals surface area (Å²) in [4.78, 5) is 14.7. The number of rotatable bonds is 4. The summed E-state index contributed by atoms with van der Waals surface area (Å²) in [5.74, 6) is 0.747. The zero-order valence-electron chi connectivity index (χ0n) is 15.2. The lowest BCUT2D eigenvalue weighted by Gasteiger charge is -2.38. The highest BCUT2D eigenvalue weighted by Crippen LogP contribution is 2.53. The van der Waals surface area contributed by atoms with Crippen molar-refractivity contribution < 1.29 is 14.3 Å². The molecule has 2 saturated heterocycles. The van der Waals surface area contributed by atoms with Gasteiger partial charge in [0.15, 0.2) is 5.60 Å². The second kappa shape index (κ2) is 6.10. The van der Waals surface area contributed by atoms with Crippen LogP contribution in [0.3, 0.4) is 0 Å². The zero-order valence-corrected chi connectivity index (χ0v) is 15.2. The van der Waals surface area contributed by atoms with Gasteiger partial charge < -0.3 is 14.8 Å². The van der Waals surface area contributed by atoms with Crippen LogP contribution in [0, 0.1) is 0 Å². The van der Waals surface area contributed by atoms with Gasteiger partial charge in [-0.2, -0.15) is 0 Å². The molecule has 0 radical (unpaired) electrons. The standard InChI is InChI=1S/C21H26N2O3/c1-25-16-7-5-14(6-8-16)13-22-17-10-15-11-20(24)26-21(15)12-18(17)23-9-3-2-4-19(21)23/h5-8,11,17-19,22H,2-4,9-10,12-13H2,1H3/t17-,18+,19-,21+/m1/s1. The number of fused-ring (bicyclic) bond motifs is 3. The molecule has 1 aromatic rings. The lowest BCUT2D eigenvalue weighted by molar-refractivity contribution is -0.148. The molecule has 5 heteroatoms. The van der Waals surface area contributed by atoms with Gasteiger partial charge in [-0.3, -0.25) is 4.90 Å². The molecule has 3 aliphatic heterocycles. The molecule has 26 heavy (non-hydrogen) atoms. The highest BCUT2D eigenvalue weighted by atomic mass is 16.6. The topological polar surface area (TPSA) is 50.8 Å². The quantitative estimate of drug-likeness (QED) is 0.842. The molecular formula is C21H26N2O3. The molecule has 4 atom stereocenters. The summed E-state index contributed by atoms with van der Waals surface area (Å²) < 4.78 is 11.2. The van der Waals surface area contributed by atoms with Crippen LogP contribution in [0.5, 0.6) is 5.75 Å². The van der Waals surface area contributed by atoms with Crippen LogP contribution in [0.2, 0.25) is 0 Å². The van der Waals surface area contributed by atoms with Crippen molar-refractivity contribution in [3.8, 4) is 5.75 Å². The Morgan fingerprint density at radius 1 is 1.31 bits per heavy atom. The van der Waals surface area contributed by atoms with Gasteiger partial charge in [0.2, 0.25) is 0 Å². The predicted molar refractivity (Wildman–Crippen MR) is 97.9 cm³/mol. The van der Waals surface area contributed by atoms with Crippen molar-refractivity contribution in [2.24, 2.45) is 0 Å². The Bertz CT molecular complexity index is 744. The van der Waals surface area contributed by atoms with Crippen molar-refractivity contribution in [1.29, 1.82) is 0 Å². The second-order valence-corrected chi connectivity index (χ2v) is 8.04. The summed E-state index contributed by atoms with van der Waals surface area (Å²) >= 11 is 0. The summed E-state index contributed by atoms with van der Waals surface area (Å²) in [7, 11) is 1.69. The van der Waals surface area contributed by atoms with Crippen molar-refractivity contribution >= 4 is 5.97 Å². The maximum Gasteiger partial charge on any atom is 0.331 e. The van der Waals surface area contributed by atoms with E-state index in [0.717, 1.165) is 38.1 Å². The van der Waals surface area contributed by atoms with E-state index in [9.17, 15) is 4.79 Å². The first kappa shape index (κ1) is 16.3. The number of piperidine rings is 1. The minimum atomic E-state index is -0.319. The highest BCUT2D eigenvalue weighted by molar-refractivity contribution is 5.87. The number of carbonyl (C=O) groups excluding carboxylic acids is 1. The van der Waals surface area contributed by atoms with Crippen LogP contribution in [0.1, 0.15) is 37.7 Å². The fraction of sp³-hybridized carbons (Fsp3) is 0.571. The van der Waals surface area contributed by atoms with Crippen molar-refractivity contribution in [3.63, 3.8) is 0 Å². The first-order chi connectivity index (χ1) is 12.7. The highest BCUT2D eigenvalue weighted by Gasteiger charge is 2.63. The number of methoxy groups -OCH3 is 1. The Morgan fingerprint density at radius 2 is 2.15 bits per heavy atom. The maximum atomic E-state index is 12.1. The van der Waals surface area contributed by atoms with E-state index in [4.69, 9.17) is 9.47 Å². The largest absolute Gasteiger partial charge is 0.497 e. The molecule has 0 amide bonds. The number of hydrogen-bond donors (Lipinski definition) is 1. The Kier molecular flexibility index (Phi) is 3.83. The summed E-state index contributed by atoms with van der Waals surface area (Å²) in [6.45, 7) is 1.96. The van der Waals surface area contributed by atoms with Crippen LogP contribution < -0.4 is 10.1 Å². The third-order valence-electron chi connectivity index (χ3n) is 6.77. The van der Waals surface area contributed by atoms with E-state index >= 15 is 0 Å².